The zero-order valence-electron chi connectivity index (χ0n) is 27.4. The molecule has 2 heterocycles. The summed E-state index contributed by atoms with van der Waals surface area (Å²) in [4.78, 5) is 24.0. The van der Waals surface area contributed by atoms with Gasteiger partial charge in [-0.25, -0.2) is 9.59 Å². The molecule has 276 valence electrons. The third-order valence-corrected chi connectivity index (χ3v) is 9.20. The van der Waals surface area contributed by atoms with Gasteiger partial charge in [-0.3, -0.25) is 0 Å². The fourth-order valence-electron chi connectivity index (χ4n) is 5.22. The van der Waals surface area contributed by atoms with Crippen LogP contribution in [0.3, 0.4) is 0 Å². The SMILES string of the molecule is C=C(C)c1c(C(=O)OC)oc2c(-c3cc(Cl)cc(Cl)c3)cccc12.COC(=O)c1oc2c(-c3cc(Cl)cc(Cl)c3)cccc2c1OS(=O)(=O)C(F)(F)F. The number of alkyl halides is 3. The molecule has 0 saturated heterocycles. The molecule has 0 aliphatic heterocycles. The Bertz CT molecular complexity index is 2500. The van der Waals surface area contributed by atoms with Crippen molar-refractivity contribution in [3.8, 4) is 28.0 Å². The number of para-hydroxylation sites is 2. The summed E-state index contributed by atoms with van der Waals surface area (Å²) in [7, 11) is -3.82. The van der Waals surface area contributed by atoms with Crippen molar-refractivity contribution in [2.45, 2.75) is 12.4 Å². The summed E-state index contributed by atoms with van der Waals surface area (Å²) < 4.78 is 86.1. The van der Waals surface area contributed by atoms with Crippen LogP contribution in [0, 0.1) is 0 Å². The predicted octanol–water partition coefficient (Wildman–Crippen LogP) is 11.6. The lowest BCUT2D eigenvalue weighted by atomic mass is 9.99. The predicted molar refractivity (Wildman–Crippen MR) is 196 cm³/mol. The molecular formula is C36H23Cl4F3O9S. The van der Waals surface area contributed by atoms with Gasteiger partial charge in [0.05, 0.1) is 19.6 Å². The van der Waals surface area contributed by atoms with E-state index in [-0.39, 0.29) is 32.3 Å². The Balaban J connectivity index is 0.000000208. The van der Waals surface area contributed by atoms with Crippen LogP contribution in [0.1, 0.15) is 33.6 Å². The zero-order valence-corrected chi connectivity index (χ0v) is 31.2. The molecule has 0 bridgehead atoms. The maximum absolute atomic E-state index is 12.8. The van der Waals surface area contributed by atoms with Crippen molar-refractivity contribution < 1.29 is 53.7 Å². The third kappa shape index (κ3) is 8.14. The quantitative estimate of drug-likeness (QED) is 0.0879. The zero-order chi connectivity index (χ0) is 39.0. The van der Waals surface area contributed by atoms with Crippen molar-refractivity contribution in [3.63, 3.8) is 0 Å². The summed E-state index contributed by atoms with van der Waals surface area (Å²) in [6, 6.07) is 19.5. The Hall–Kier alpha value is -4.66. The van der Waals surface area contributed by atoms with E-state index in [0.29, 0.717) is 26.8 Å². The number of benzene rings is 4. The molecule has 0 aliphatic carbocycles. The number of fused-ring (bicyclic) bond motifs is 2. The first-order chi connectivity index (χ1) is 24.9. The summed E-state index contributed by atoms with van der Waals surface area (Å²) in [5.41, 5.74) is -1.65. The van der Waals surface area contributed by atoms with Gasteiger partial charge in [0.2, 0.25) is 11.5 Å². The number of hydrogen-bond donors (Lipinski definition) is 0. The normalized spacial score (nSPS) is 11.6. The highest BCUT2D eigenvalue weighted by molar-refractivity contribution is 7.88. The van der Waals surface area contributed by atoms with E-state index in [9.17, 15) is 31.2 Å². The molecule has 9 nitrogen and oxygen atoms in total. The summed E-state index contributed by atoms with van der Waals surface area (Å²) in [5, 5.41) is 2.16. The fraction of sp³-hybridized carbons (Fsp3) is 0.111. The van der Waals surface area contributed by atoms with Gasteiger partial charge in [-0.2, -0.15) is 21.6 Å². The number of furan rings is 2. The molecule has 0 radical (unpaired) electrons. The number of hydrogen-bond acceptors (Lipinski definition) is 9. The number of ether oxygens (including phenoxy) is 2. The molecule has 0 fully saturated rings. The van der Waals surface area contributed by atoms with Crippen LogP contribution in [0.5, 0.6) is 5.75 Å². The molecule has 0 spiro atoms. The molecule has 6 aromatic rings. The van der Waals surface area contributed by atoms with Gasteiger partial charge in [-0.15, -0.1) is 0 Å². The average Bonchev–Trinajstić information content (AvgIpc) is 3.65. The Kier molecular flexibility index (Phi) is 11.5. The largest absolute Gasteiger partial charge is 0.534 e. The number of halogens is 7. The first kappa shape index (κ1) is 39.5. The van der Waals surface area contributed by atoms with Crippen LogP contribution in [0.25, 0.3) is 49.8 Å². The monoisotopic (exact) mass is 828 g/mol. The molecule has 0 unspecified atom stereocenters. The van der Waals surface area contributed by atoms with Crippen LogP contribution in [-0.4, -0.2) is 40.1 Å². The number of carbonyl (C=O) groups excluding carboxylic acids is 2. The van der Waals surface area contributed by atoms with E-state index in [1.165, 1.54) is 43.5 Å². The second-order valence-corrected chi connectivity index (χ2v) is 14.3. The third-order valence-electron chi connectivity index (χ3n) is 7.38. The van der Waals surface area contributed by atoms with E-state index in [1.54, 1.807) is 18.2 Å². The highest BCUT2D eigenvalue weighted by Gasteiger charge is 2.49. The summed E-state index contributed by atoms with van der Waals surface area (Å²) in [6.45, 7) is 5.76. The fourth-order valence-corrected chi connectivity index (χ4v) is 6.75. The van der Waals surface area contributed by atoms with Crippen molar-refractivity contribution in [2.24, 2.45) is 0 Å². The van der Waals surface area contributed by atoms with Crippen LogP contribution in [0.4, 0.5) is 13.2 Å². The second kappa shape index (κ2) is 15.4. The summed E-state index contributed by atoms with van der Waals surface area (Å²) in [5.74, 6) is -3.43. The van der Waals surface area contributed by atoms with Gasteiger partial charge in [0.1, 0.15) is 11.2 Å². The lowest BCUT2D eigenvalue weighted by molar-refractivity contribution is -0.0500. The van der Waals surface area contributed by atoms with E-state index >= 15 is 0 Å². The molecule has 0 aliphatic rings. The summed E-state index contributed by atoms with van der Waals surface area (Å²) in [6.07, 6.45) is 0. The van der Waals surface area contributed by atoms with Gasteiger partial charge in [0, 0.05) is 42.2 Å². The van der Waals surface area contributed by atoms with Crippen molar-refractivity contribution in [1.82, 2.24) is 0 Å². The second-order valence-electron chi connectivity index (χ2n) is 11.0. The number of carbonyl (C=O) groups is 2. The average molecular weight is 830 g/mol. The molecular weight excluding hydrogens is 807 g/mol. The topological polar surface area (TPSA) is 122 Å². The number of esters is 2. The molecule has 2 aromatic heterocycles. The summed E-state index contributed by atoms with van der Waals surface area (Å²) >= 11 is 24.2. The molecule has 17 heteroatoms. The molecule has 0 amide bonds. The van der Waals surface area contributed by atoms with Crippen molar-refractivity contribution in [3.05, 3.63) is 117 Å². The smallest absolute Gasteiger partial charge is 0.463 e. The van der Waals surface area contributed by atoms with Crippen molar-refractivity contribution in [1.29, 1.82) is 0 Å². The van der Waals surface area contributed by atoms with Crippen LogP contribution < -0.4 is 4.18 Å². The molecule has 4 aromatic carbocycles. The van der Waals surface area contributed by atoms with Gasteiger partial charge in [-0.1, -0.05) is 83.3 Å². The van der Waals surface area contributed by atoms with E-state index in [1.807, 2.05) is 25.1 Å². The Morgan fingerprint density at radius 2 is 1.11 bits per heavy atom. The van der Waals surface area contributed by atoms with E-state index < -0.39 is 39.1 Å². The Morgan fingerprint density at radius 1 is 0.698 bits per heavy atom. The number of allylic oxidation sites excluding steroid dienone is 1. The van der Waals surface area contributed by atoms with Gasteiger partial charge < -0.3 is 22.5 Å². The van der Waals surface area contributed by atoms with Crippen LogP contribution in [-0.2, 0) is 19.6 Å². The molecule has 53 heavy (non-hydrogen) atoms. The minimum Gasteiger partial charge on any atom is -0.463 e. The van der Waals surface area contributed by atoms with E-state index in [2.05, 4.69) is 15.5 Å². The van der Waals surface area contributed by atoms with Crippen molar-refractivity contribution in [2.75, 3.05) is 14.2 Å². The first-order valence-corrected chi connectivity index (χ1v) is 17.7. The Morgan fingerprint density at radius 3 is 1.55 bits per heavy atom. The van der Waals surface area contributed by atoms with Gasteiger partial charge >= 0.3 is 27.6 Å². The minimum atomic E-state index is -6.08. The number of methoxy groups -OCH3 is 2. The standard InChI is InChI=1S/C19H14Cl2O3.C17H9Cl2F3O6S/c1-10(2)16-15-6-4-5-14(11-7-12(20)9-13(21)8-11)17(15)24-18(16)19(22)23-3;1-26-16(23)15-14(28-29(24,25)17(20,21)22)12-4-2-3-11(13(12)27-15)8-5-9(18)7-10(19)6-8/h4-9H,1H2,2-3H3;2-7H,1H3. The van der Waals surface area contributed by atoms with Crippen LogP contribution >= 0.6 is 46.4 Å². The molecule has 6 rings (SSSR count). The maximum atomic E-state index is 12.8. The maximum Gasteiger partial charge on any atom is 0.534 e. The van der Waals surface area contributed by atoms with Crippen LogP contribution in [0.2, 0.25) is 20.1 Å². The van der Waals surface area contributed by atoms with Crippen molar-refractivity contribution >= 4 is 96.0 Å². The van der Waals surface area contributed by atoms with Gasteiger partial charge in [0.25, 0.3) is 5.76 Å². The highest BCUT2D eigenvalue weighted by Crippen LogP contribution is 2.42. The van der Waals surface area contributed by atoms with E-state index in [0.717, 1.165) is 29.2 Å². The molecule has 0 atom stereocenters. The first-order valence-electron chi connectivity index (χ1n) is 14.7. The Labute approximate surface area is 319 Å². The van der Waals surface area contributed by atoms with Gasteiger partial charge in [-0.05, 0) is 66.1 Å². The minimum absolute atomic E-state index is 0.126. The molecule has 0 saturated carbocycles. The lowest BCUT2D eigenvalue weighted by Gasteiger charge is -2.09. The van der Waals surface area contributed by atoms with Gasteiger partial charge in [0.15, 0.2) is 0 Å². The van der Waals surface area contributed by atoms with E-state index in [4.69, 9.17) is 60.0 Å². The molecule has 0 N–H and O–H groups in total. The lowest BCUT2D eigenvalue weighted by Crippen LogP contribution is -2.28. The number of rotatable bonds is 7. The highest BCUT2D eigenvalue weighted by atomic mass is 35.5. The van der Waals surface area contributed by atoms with Crippen LogP contribution in [0.15, 0.2) is 88.2 Å².